The first-order chi connectivity index (χ1) is 15.4. The third-order valence-electron chi connectivity index (χ3n) is 5.32. The van der Waals surface area contributed by atoms with Crippen molar-refractivity contribution < 1.29 is 26.4 Å². The predicted molar refractivity (Wildman–Crippen MR) is 127 cm³/mol. The van der Waals surface area contributed by atoms with Crippen LogP contribution in [0.5, 0.6) is 0 Å². The summed E-state index contributed by atoms with van der Waals surface area (Å²) in [4.78, 5) is 12.8. The third-order valence-corrected chi connectivity index (χ3v) is 8.34. The lowest BCUT2D eigenvalue weighted by molar-refractivity contribution is -0.114. The van der Waals surface area contributed by atoms with Crippen molar-refractivity contribution >= 4 is 37.3 Å². The van der Waals surface area contributed by atoms with Crippen LogP contribution in [0.25, 0.3) is 0 Å². The summed E-state index contributed by atoms with van der Waals surface area (Å²) in [5, 5.41) is 2.65. The lowest BCUT2D eigenvalue weighted by atomic mass is 10.1. The summed E-state index contributed by atoms with van der Waals surface area (Å²) in [6, 6.07) is 9.54. The second kappa shape index (κ2) is 9.80. The standard InChI is InChI=1S/C22H29N3O6S2/c1-16-13-17(2)22(18(3)14-16)25(32(4,27)28)15-21(26)23-19-5-7-20(8-6-19)33(29,30)24-9-11-31-12-10-24/h5-8,13-14H,9-12,15H2,1-4H3,(H,23,26). The first-order valence-corrected chi connectivity index (χ1v) is 13.7. The number of ether oxygens (including phenoxy) is 1. The molecule has 0 radical (unpaired) electrons. The number of carbonyl (C=O) groups excluding carboxylic acids is 1. The van der Waals surface area contributed by atoms with Crippen LogP contribution in [0.4, 0.5) is 11.4 Å². The lowest BCUT2D eigenvalue weighted by Crippen LogP contribution is -2.40. The highest BCUT2D eigenvalue weighted by molar-refractivity contribution is 7.92. The lowest BCUT2D eigenvalue weighted by Gasteiger charge is -2.26. The zero-order valence-corrected chi connectivity index (χ0v) is 20.8. The van der Waals surface area contributed by atoms with Crippen molar-refractivity contribution in [3.8, 4) is 0 Å². The van der Waals surface area contributed by atoms with Gasteiger partial charge in [0.25, 0.3) is 0 Å². The Bertz CT molecular complexity index is 1210. The van der Waals surface area contributed by atoms with Gasteiger partial charge in [-0.3, -0.25) is 9.10 Å². The number of benzene rings is 2. The summed E-state index contributed by atoms with van der Waals surface area (Å²) < 4.78 is 58.1. The minimum Gasteiger partial charge on any atom is -0.379 e. The SMILES string of the molecule is Cc1cc(C)c(N(CC(=O)Nc2ccc(S(=O)(=O)N3CCOCC3)cc2)S(C)(=O)=O)c(C)c1. The maximum Gasteiger partial charge on any atom is 0.245 e. The molecular formula is C22H29N3O6S2. The molecule has 0 spiro atoms. The van der Waals surface area contributed by atoms with E-state index in [1.807, 2.05) is 19.1 Å². The van der Waals surface area contributed by atoms with Crippen molar-refractivity contribution in [2.45, 2.75) is 25.7 Å². The molecule has 0 aromatic heterocycles. The van der Waals surface area contributed by atoms with Crippen LogP contribution >= 0.6 is 0 Å². The molecule has 1 saturated heterocycles. The van der Waals surface area contributed by atoms with Gasteiger partial charge >= 0.3 is 0 Å². The van der Waals surface area contributed by atoms with Gasteiger partial charge in [0.1, 0.15) is 6.54 Å². The molecule has 11 heteroatoms. The van der Waals surface area contributed by atoms with Gasteiger partial charge in [0.05, 0.1) is 30.1 Å². The van der Waals surface area contributed by atoms with E-state index in [4.69, 9.17) is 4.74 Å². The van der Waals surface area contributed by atoms with Gasteiger partial charge in [0.2, 0.25) is 26.0 Å². The molecule has 1 amide bonds. The highest BCUT2D eigenvalue weighted by Gasteiger charge is 2.27. The number of aryl methyl sites for hydroxylation is 3. The maximum absolute atomic E-state index is 12.7. The number of nitrogens with one attached hydrogen (secondary N) is 1. The first-order valence-electron chi connectivity index (χ1n) is 10.4. The van der Waals surface area contributed by atoms with Crippen molar-refractivity contribution in [1.29, 1.82) is 0 Å². The minimum absolute atomic E-state index is 0.117. The molecule has 3 rings (SSSR count). The summed E-state index contributed by atoms with van der Waals surface area (Å²) in [7, 11) is -7.37. The molecule has 1 N–H and O–H groups in total. The summed E-state index contributed by atoms with van der Waals surface area (Å²) >= 11 is 0. The van der Waals surface area contributed by atoms with Gasteiger partial charge in [-0.25, -0.2) is 16.8 Å². The van der Waals surface area contributed by atoms with Crippen molar-refractivity contribution in [2.75, 3.05) is 48.7 Å². The van der Waals surface area contributed by atoms with E-state index in [1.54, 1.807) is 13.8 Å². The van der Waals surface area contributed by atoms with Gasteiger partial charge in [-0.2, -0.15) is 4.31 Å². The van der Waals surface area contributed by atoms with E-state index >= 15 is 0 Å². The van der Waals surface area contributed by atoms with E-state index in [0.29, 0.717) is 37.7 Å². The zero-order valence-electron chi connectivity index (χ0n) is 19.2. The van der Waals surface area contributed by atoms with Crippen LogP contribution in [0.2, 0.25) is 0 Å². The van der Waals surface area contributed by atoms with Crippen LogP contribution in [0.3, 0.4) is 0 Å². The Hall–Kier alpha value is -2.47. The Morgan fingerprint density at radius 1 is 1.00 bits per heavy atom. The highest BCUT2D eigenvalue weighted by Crippen LogP contribution is 2.28. The quantitative estimate of drug-likeness (QED) is 0.629. The third kappa shape index (κ3) is 5.91. The number of morpholine rings is 1. The normalized spacial score (nSPS) is 15.3. The second-order valence-electron chi connectivity index (χ2n) is 8.11. The molecule has 2 aromatic carbocycles. The Morgan fingerprint density at radius 3 is 2.06 bits per heavy atom. The molecule has 1 heterocycles. The fourth-order valence-corrected chi connectivity index (χ4v) is 6.28. The smallest absolute Gasteiger partial charge is 0.245 e. The van der Waals surface area contributed by atoms with Crippen LogP contribution in [-0.4, -0.2) is 66.2 Å². The average Bonchev–Trinajstić information content (AvgIpc) is 2.72. The molecule has 180 valence electrons. The van der Waals surface area contributed by atoms with E-state index in [-0.39, 0.29) is 4.90 Å². The van der Waals surface area contributed by atoms with Gasteiger partial charge in [0, 0.05) is 18.8 Å². The Labute approximate surface area is 195 Å². The number of hydrogen-bond donors (Lipinski definition) is 1. The molecule has 1 aliphatic rings. The number of nitrogens with zero attached hydrogens (tertiary/aromatic N) is 2. The van der Waals surface area contributed by atoms with Gasteiger partial charge in [-0.15, -0.1) is 0 Å². The Balaban J connectivity index is 1.76. The summed E-state index contributed by atoms with van der Waals surface area (Å²) in [6.45, 7) is 6.41. The summed E-state index contributed by atoms with van der Waals surface area (Å²) in [6.07, 6.45) is 1.06. The van der Waals surface area contributed by atoms with E-state index in [2.05, 4.69) is 5.32 Å². The fraction of sp³-hybridized carbons (Fsp3) is 0.409. The van der Waals surface area contributed by atoms with Crippen LogP contribution in [0.15, 0.2) is 41.3 Å². The highest BCUT2D eigenvalue weighted by atomic mass is 32.2. The van der Waals surface area contributed by atoms with E-state index in [9.17, 15) is 21.6 Å². The molecule has 0 saturated carbocycles. The van der Waals surface area contributed by atoms with Crippen LogP contribution in [-0.2, 0) is 29.6 Å². The van der Waals surface area contributed by atoms with E-state index in [1.165, 1.54) is 28.6 Å². The van der Waals surface area contributed by atoms with Crippen molar-refractivity contribution in [2.24, 2.45) is 0 Å². The van der Waals surface area contributed by atoms with Gasteiger partial charge in [-0.05, 0) is 56.2 Å². The Morgan fingerprint density at radius 2 is 1.55 bits per heavy atom. The minimum atomic E-state index is -3.72. The van der Waals surface area contributed by atoms with Gasteiger partial charge in [-0.1, -0.05) is 17.7 Å². The zero-order chi connectivity index (χ0) is 24.4. The average molecular weight is 496 g/mol. The molecule has 33 heavy (non-hydrogen) atoms. The number of hydrogen-bond acceptors (Lipinski definition) is 6. The molecular weight excluding hydrogens is 466 g/mol. The predicted octanol–water partition coefficient (Wildman–Crippen LogP) is 2.04. The summed E-state index contributed by atoms with van der Waals surface area (Å²) in [5.41, 5.74) is 3.35. The molecule has 0 unspecified atom stereocenters. The molecule has 1 fully saturated rings. The van der Waals surface area contributed by atoms with E-state index < -0.39 is 32.5 Å². The van der Waals surface area contributed by atoms with Crippen LogP contribution in [0.1, 0.15) is 16.7 Å². The van der Waals surface area contributed by atoms with Crippen LogP contribution in [0, 0.1) is 20.8 Å². The Kier molecular flexibility index (Phi) is 7.47. The monoisotopic (exact) mass is 495 g/mol. The second-order valence-corrected chi connectivity index (χ2v) is 12.0. The molecule has 9 nitrogen and oxygen atoms in total. The number of carbonyl (C=O) groups is 1. The molecule has 0 bridgehead atoms. The summed E-state index contributed by atoms with van der Waals surface area (Å²) in [5.74, 6) is -0.538. The number of anilines is 2. The van der Waals surface area contributed by atoms with Crippen LogP contribution < -0.4 is 9.62 Å². The van der Waals surface area contributed by atoms with Gasteiger partial charge < -0.3 is 10.1 Å². The van der Waals surface area contributed by atoms with E-state index in [0.717, 1.165) is 27.3 Å². The molecule has 2 aromatic rings. The van der Waals surface area contributed by atoms with Gasteiger partial charge in [0.15, 0.2) is 0 Å². The van der Waals surface area contributed by atoms with Crippen molar-refractivity contribution in [1.82, 2.24) is 4.31 Å². The number of rotatable bonds is 7. The number of sulfonamides is 2. The maximum atomic E-state index is 12.7. The topological polar surface area (TPSA) is 113 Å². The van der Waals surface area contributed by atoms with Crippen molar-refractivity contribution in [3.63, 3.8) is 0 Å². The molecule has 0 aliphatic carbocycles. The fourth-order valence-electron chi connectivity index (χ4n) is 3.91. The largest absolute Gasteiger partial charge is 0.379 e. The first kappa shape index (κ1) is 25.2. The van der Waals surface area contributed by atoms with Crippen molar-refractivity contribution in [3.05, 3.63) is 53.1 Å². The number of amides is 1. The molecule has 0 atom stereocenters. The molecule has 1 aliphatic heterocycles.